The smallest absolute Gasteiger partial charge is 0.189 e. The van der Waals surface area contributed by atoms with Crippen molar-refractivity contribution >= 4 is 32.5 Å². The maximum Gasteiger partial charge on any atom is 0.189 e. The number of rotatable bonds is 5. The van der Waals surface area contributed by atoms with Crippen molar-refractivity contribution in [3.05, 3.63) is 66.6 Å². The van der Waals surface area contributed by atoms with E-state index in [2.05, 4.69) is 26.3 Å². The molecule has 4 aromatic rings. The Labute approximate surface area is 153 Å². The first kappa shape index (κ1) is 16.6. The van der Waals surface area contributed by atoms with E-state index < -0.39 is 6.29 Å². The second-order valence-corrected chi connectivity index (χ2v) is 6.83. The third kappa shape index (κ3) is 3.70. The van der Waals surface area contributed by atoms with Gasteiger partial charge in [-0.2, -0.15) is 0 Å². The minimum Gasteiger partial charge on any atom is -0.368 e. The molecule has 0 amide bonds. The van der Waals surface area contributed by atoms with Crippen LogP contribution in [0.15, 0.2) is 61.1 Å². The predicted octanol–water partition coefficient (Wildman–Crippen LogP) is 3.35. The van der Waals surface area contributed by atoms with E-state index in [9.17, 15) is 0 Å². The number of aliphatic hydroxyl groups excluding tert-OH is 1. The van der Waals surface area contributed by atoms with Gasteiger partial charge in [-0.15, -0.1) is 0 Å². The van der Waals surface area contributed by atoms with Gasteiger partial charge in [0, 0.05) is 25.0 Å². The summed E-state index contributed by atoms with van der Waals surface area (Å²) < 4.78 is 1.07. The quantitative estimate of drug-likeness (QED) is 0.471. The van der Waals surface area contributed by atoms with Crippen LogP contribution in [0.3, 0.4) is 0 Å². The molecule has 0 spiro atoms. The lowest BCUT2D eigenvalue weighted by Gasteiger charge is -2.06. The van der Waals surface area contributed by atoms with Crippen LogP contribution < -0.4 is 5.32 Å². The number of aromatic nitrogens is 3. The largest absolute Gasteiger partial charge is 0.368 e. The Morgan fingerprint density at radius 2 is 1.81 bits per heavy atom. The van der Waals surface area contributed by atoms with Gasteiger partial charge in [-0.05, 0) is 53.1 Å². The van der Waals surface area contributed by atoms with Crippen molar-refractivity contribution in [1.82, 2.24) is 15.0 Å². The SMILES string of the molecule is OC(O)Cc1ccnc(Nc2nc3ccc(-c4ccncc4)cc3s2)c1. The highest BCUT2D eigenvalue weighted by Crippen LogP contribution is 2.31. The normalized spacial score (nSPS) is 11.2. The molecule has 3 aromatic heterocycles. The van der Waals surface area contributed by atoms with Gasteiger partial charge in [0.15, 0.2) is 11.4 Å². The van der Waals surface area contributed by atoms with Crippen molar-refractivity contribution < 1.29 is 10.2 Å². The van der Waals surface area contributed by atoms with Gasteiger partial charge in [-0.3, -0.25) is 4.98 Å². The Hall–Kier alpha value is -2.87. The van der Waals surface area contributed by atoms with Crippen molar-refractivity contribution in [3.8, 4) is 11.1 Å². The van der Waals surface area contributed by atoms with Crippen molar-refractivity contribution in [2.24, 2.45) is 0 Å². The summed E-state index contributed by atoms with van der Waals surface area (Å²) in [6, 6.07) is 13.7. The lowest BCUT2D eigenvalue weighted by atomic mass is 10.1. The molecule has 0 bridgehead atoms. The van der Waals surface area contributed by atoms with Gasteiger partial charge in [-0.1, -0.05) is 17.4 Å². The molecule has 3 N–H and O–H groups in total. The van der Waals surface area contributed by atoms with Crippen LogP contribution in [0.2, 0.25) is 0 Å². The number of anilines is 2. The van der Waals surface area contributed by atoms with Crippen molar-refractivity contribution in [2.75, 3.05) is 5.32 Å². The van der Waals surface area contributed by atoms with Gasteiger partial charge in [0.25, 0.3) is 0 Å². The van der Waals surface area contributed by atoms with E-state index in [4.69, 9.17) is 10.2 Å². The van der Waals surface area contributed by atoms with Crippen LogP contribution in [-0.2, 0) is 6.42 Å². The van der Waals surface area contributed by atoms with Gasteiger partial charge in [0.05, 0.1) is 10.2 Å². The number of aliphatic hydroxyl groups is 2. The first-order chi connectivity index (χ1) is 12.7. The summed E-state index contributed by atoms with van der Waals surface area (Å²) in [5.41, 5.74) is 3.93. The molecule has 0 atom stereocenters. The fourth-order valence-corrected chi connectivity index (χ4v) is 3.60. The average molecular weight is 364 g/mol. The Bertz CT molecular complexity index is 1030. The van der Waals surface area contributed by atoms with Crippen LogP contribution in [-0.4, -0.2) is 31.5 Å². The summed E-state index contributed by atoms with van der Waals surface area (Å²) >= 11 is 1.54. The second-order valence-electron chi connectivity index (χ2n) is 5.80. The number of nitrogens with zero attached hydrogens (tertiary/aromatic N) is 3. The third-order valence-corrected chi connectivity index (χ3v) is 4.81. The molecule has 26 heavy (non-hydrogen) atoms. The van der Waals surface area contributed by atoms with Crippen molar-refractivity contribution in [1.29, 1.82) is 0 Å². The molecular formula is C19H16N4O2S. The molecule has 1 aromatic carbocycles. The Balaban J connectivity index is 1.60. The number of benzene rings is 1. The Morgan fingerprint density at radius 1 is 0.962 bits per heavy atom. The topological polar surface area (TPSA) is 91.2 Å². The van der Waals surface area contributed by atoms with Gasteiger partial charge in [0.2, 0.25) is 0 Å². The summed E-state index contributed by atoms with van der Waals surface area (Å²) in [4.78, 5) is 12.9. The molecule has 0 unspecified atom stereocenters. The van der Waals surface area contributed by atoms with Crippen LogP contribution in [0.25, 0.3) is 21.3 Å². The number of fused-ring (bicyclic) bond motifs is 1. The molecule has 130 valence electrons. The predicted molar refractivity (Wildman–Crippen MR) is 102 cm³/mol. The molecule has 0 aliphatic heterocycles. The van der Waals surface area contributed by atoms with Gasteiger partial charge < -0.3 is 15.5 Å². The van der Waals surface area contributed by atoms with Crippen LogP contribution in [0, 0.1) is 0 Å². The van der Waals surface area contributed by atoms with E-state index in [1.807, 2.05) is 24.3 Å². The summed E-state index contributed by atoms with van der Waals surface area (Å²) in [6.45, 7) is 0. The van der Waals surface area contributed by atoms with E-state index in [-0.39, 0.29) is 6.42 Å². The molecule has 0 saturated carbocycles. The number of hydrogen-bond donors (Lipinski definition) is 3. The number of thiazole rings is 1. The van der Waals surface area contributed by atoms with E-state index in [0.717, 1.165) is 32.0 Å². The number of pyridine rings is 2. The number of nitrogens with one attached hydrogen (secondary N) is 1. The first-order valence-corrected chi connectivity index (χ1v) is 8.88. The van der Waals surface area contributed by atoms with Crippen molar-refractivity contribution in [2.45, 2.75) is 12.7 Å². The fourth-order valence-electron chi connectivity index (χ4n) is 2.69. The maximum absolute atomic E-state index is 9.10. The number of hydrogen-bond acceptors (Lipinski definition) is 7. The molecule has 0 saturated heterocycles. The van der Waals surface area contributed by atoms with Crippen molar-refractivity contribution in [3.63, 3.8) is 0 Å². The van der Waals surface area contributed by atoms with Crippen LogP contribution >= 0.6 is 11.3 Å². The molecule has 3 heterocycles. The lowest BCUT2D eigenvalue weighted by molar-refractivity contribution is -0.0381. The minimum absolute atomic E-state index is 0.159. The summed E-state index contributed by atoms with van der Waals surface area (Å²) in [5, 5.41) is 22.1. The van der Waals surface area contributed by atoms with E-state index >= 15 is 0 Å². The molecular weight excluding hydrogens is 348 g/mol. The highest BCUT2D eigenvalue weighted by atomic mass is 32.1. The minimum atomic E-state index is -1.38. The molecule has 0 radical (unpaired) electrons. The Morgan fingerprint density at radius 3 is 2.62 bits per heavy atom. The van der Waals surface area contributed by atoms with E-state index in [1.165, 1.54) is 0 Å². The highest BCUT2D eigenvalue weighted by molar-refractivity contribution is 7.22. The summed E-state index contributed by atoms with van der Waals surface area (Å²) in [5.74, 6) is 0.622. The average Bonchev–Trinajstić information content (AvgIpc) is 3.03. The highest BCUT2D eigenvalue weighted by Gasteiger charge is 2.08. The second kappa shape index (κ2) is 7.17. The summed E-state index contributed by atoms with van der Waals surface area (Å²) in [6.07, 6.45) is 3.98. The molecule has 7 heteroatoms. The van der Waals surface area contributed by atoms with E-state index in [0.29, 0.717) is 5.82 Å². The van der Waals surface area contributed by atoms with Crippen LogP contribution in [0.4, 0.5) is 10.9 Å². The molecule has 4 rings (SSSR count). The monoisotopic (exact) mass is 364 g/mol. The lowest BCUT2D eigenvalue weighted by Crippen LogP contribution is -2.08. The first-order valence-electron chi connectivity index (χ1n) is 8.06. The zero-order valence-electron chi connectivity index (χ0n) is 13.7. The molecule has 6 nitrogen and oxygen atoms in total. The standard InChI is InChI=1S/C19H16N4O2S/c24-18(25)10-12-3-8-21-17(9-12)23-19-22-15-2-1-14(11-16(15)26-19)13-4-6-20-7-5-13/h1-9,11,18,24-25H,10H2,(H,21,22,23). The summed E-state index contributed by atoms with van der Waals surface area (Å²) in [7, 11) is 0. The molecule has 0 aliphatic rings. The molecule has 0 aliphatic carbocycles. The Kier molecular flexibility index (Phi) is 4.57. The van der Waals surface area contributed by atoms with E-state index in [1.54, 1.807) is 42.1 Å². The van der Waals surface area contributed by atoms with Crippen LogP contribution in [0.1, 0.15) is 5.56 Å². The fraction of sp³-hybridized carbons (Fsp3) is 0.105. The van der Waals surface area contributed by atoms with Gasteiger partial charge in [0.1, 0.15) is 5.82 Å². The zero-order chi connectivity index (χ0) is 17.9. The zero-order valence-corrected chi connectivity index (χ0v) is 14.5. The maximum atomic E-state index is 9.10. The van der Waals surface area contributed by atoms with Gasteiger partial charge >= 0.3 is 0 Å². The molecule has 0 fully saturated rings. The third-order valence-electron chi connectivity index (χ3n) is 3.88. The van der Waals surface area contributed by atoms with Crippen LogP contribution in [0.5, 0.6) is 0 Å². The van der Waals surface area contributed by atoms with Gasteiger partial charge in [-0.25, -0.2) is 9.97 Å².